The van der Waals surface area contributed by atoms with E-state index in [1.807, 2.05) is 0 Å². The topological polar surface area (TPSA) is 26.0 Å². The van der Waals surface area contributed by atoms with Gasteiger partial charge in [-0.3, -0.25) is 0 Å². The predicted molar refractivity (Wildman–Crippen MR) is 60.4 cm³/mol. The Labute approximate surface area is 103 Å². The van der Waals surface area contributed by atoms with Crippen LogP contribution in [0.4, 0.5) is 17.6 Å². The van der Waals surface area contributed by atoms with Crippen molar-refractivity contribution in [3.63, 3.8) is 0 Å². The minimum atomic E-state index is -4.60. The fourth-order valence-electron chi connectivity index (χ4n) is 1.40. The highest BCUT2D eigenvalue weighted by atomic mass is 35.5. The van der Waals surface area contributed by atoms with Crippen molar-refractivity contribution in [2.45, 2.75) is 18.6 Å². The molecule has 17 heavy (non-hydrogen) atoms. The molecule has 0 aliphatic rings. The predicted octanol–water partition coefficient (Wildman–Crippen LogP) is 3.84. The van der Waals surface area contributed by atoms with Crippen molar-refractivity contribution < 1.29 is 17.6 Å². The second-order valence-corrected chi connectivity index (χ2v) is 3.36. The van der Waals surface area contributed by atoms with Crippen LogP contribution in [0.1, 0.15) is 23.6 Å². The van der Waals surface area contributed by atoms with E-state index in [9.17, 15) is 17.6 Å². The van der Waals surface area contributed by atoms with Gasteiger partial charge in [0.1, 0.15) is 5.82 Å². The summed E-state index contributed by atoms with van der Waals surface area (Å²) in [5.41, 5.74) is 4.42. The quantitative estimate of drug-likeness (QED) is 0.655. The Bertz CT molecular complexity index is 390. The summed E-state index contributed by atoms with van der Waals surface area (Å²) in [4.78, 5) is 0. The minimum absolute atomic E-state index is 0. The van der Waals surface area contributed by atoms with Crippen molar-refractivity contribution in [1.29, 1.82) is 0 Å². The zero-order chi connectivity index (χ0) is 12.3. The number of hydrogen-bond donors (Lipinski definition) is 1. The molecule has 1 nitrogen and oxygen atoms in total. The maximum Gasteiger partial charge on any atom is 0.416 e. The maximum absolute atomic E-state index is 12.8. The van der Waals surface area contributed by atoms with Gasteiger partial charge in [-0.2, -0.15) is 13.2 Å². The average Bonchev–Trinajstić information content (AvgIpc) is 2.16. The molecule has 0 spiro atoms. The van der Waals surface area contributed by atoms with Crippen LogP contribution in [0.5, 0.6) is 0 Å². The van der Waals surface area contributed by atoms with E-state index in [4.69, 9.17) is 5.73 Å². The first kappa shape index (κ1) is 15.9. The van der Waals surface area contributed by atoms with Gasteiger partial charge in [-0.25, -0.2) is 4.39 Å². The SMILES string of the molecule is C=CC[C@H](N)c1ccc(F)cc1C(F)(F)F.Cl. The summed E-state index contributed by atoms with van der Waals surface area (Å²) in [6, 6.07) is 1.66. The van der Waals surface area contributed by atoms with Gasteiger partial charge in [0.25, 0.3) is 0 Å². The largest absolute Gasteiger partial charge is 0.416 e. The summed E-state index contributed by atoms with van der Waals surface area (Å²) < 4.78 is 50.5. The van der Waals surface area contributed by atoms with E-state index < -0.39 is 23.6 Å². The van der Waals surface area contributed by atoms with Crippen LogP contribution in [0.2, 0.25) is 0 Å². The third-order valence-corrected chi connectivity index (χ3v) is 2.14. The number of benzene rings is 1. The Morgan fingerprint density at radius 3 is 2.41 bits per heavy atom. The monoisotopic (exact) mass is 269 g/mol. The fourth-order valence-corrected chi connectivity index (χ4v) is 1.40. The van der Waals surface area contributed by atoms with Crippen LogP contribution in [-0.4, -0.2) is 0 Å². The van der Waals surface area contributed by atoms with Gasteiger partial charge in [-0.15, -0.1) is 19.0 Å². The van der Waals surface area contributed by atoms with Crippen molar-refractivity contribution in [2.24, 2.45) is 5.73 Å². The third kappa shape index (κ3) is 4.02. The lowest BCUT2D eigenvalue weighted by atomic mass is 9.98. The van der Waals surface area contributed by atoms with Gasteiger partial charge in [0.05, 0.1) is 5.56 Å². The Kier molecular flexibility index (Phi) is 5.64. The highest BCUT2D eigenvalue weighted by Crippen LogP contribution is 2.35. The van der Waals surface area contributed by atoms with E-state index in [-0.39, 0.29) is 24.4 Å². The van der Waals surface area contributed by atoms with Gasteiger partial charge < -0.3 is 5.73 Å². The molecule has 0 saturated carbocycles. The zero-order valence-corrected chi connectivity index (χ0v) is 9.61. The van der Waals surface area contributed by atoms with Crippen molar-refractivity contribution in [3.8, 4) is 0 Å². The first-order valence-corrected chi connectivity index (χ1v) is 4.59. The Morgan fingerprint density at radius 2 is 1.94 bits per heavy atom. The van der Waals surface area contributed by atoms with Crippen LogP contribution in [0.3, 0.4) is 0 Å². The van der Waals surface area contributed by atoms with Gasteiger partial charge in [-0.1, -0.05) is 12.1 Å². The Hall–Kier alpha value is -1.07. The molecule has 0 fully saturated rings. The fraction of sp³-hybridized carbons (Fsp3) is 0.273. The van der Waals surface area contributed by atoms with Gasteiger partial charge in [0.15, 0.2) is 0 Å². The molecule has 1 rings (SSSR count). The second kappa shape index (κ2) is 6.02. The van der Waals surface area contributed by atoms with Crippen LogP contribution >= 0.6 is 12.4 Å². The highest BCUT2D eigenvalue weighted by Gasteiger charge is 2.34. The third-order valence-electron chi connectivity index (χ3n) is 2.14. The molecule has 6 heteroatoms. The summed E-state index contributed by atoms with van der Waals surface area (Å²) in [7, 11) is 0. The molecule has 1 aromatic rings. The van der Waals surface area contributed by atoms with Gasteiger partial charge in [0.2, 0.25) is 0 Å². The molecular weight excluding hydrogens is 258 g/mol. The molecule has 0 unspecified atom stereocenters. The lowest BCUT2D eigenvalue weighted by Crippen LogP contribution is -2.17. The Morgan fingerprint density at radius 1 is 1.35 bits per heavy atom. The van der Waals surface area contributed by atoms with Crippen molar-refractivity contribution in [3.05, 3.63) is 47.8 Å². The molecule has 96 valence electrons. The normalized spacial score (nSPS) is 12.8. The first-order valence-electron chi connectivity index (χ1n) is 4.59. The molecule has 0 amide bonds. The standard InChI is InChI=1S/C11H11F4N.ClH/c1-2-3-10(16)8-5-4-7(12)6-9(8)11(13,14)15;/h2,4-6,10H,1,3,16H2;1H/t10-;/m0./s1. The van der Waals surface area contributed by atoms with E-state index in [0.29, 0.717) is 6.07 Å². The highest BCUT2D eigenvalue weighted by molar-refractivity contribution is 5.85. The summed E-state index contributed by atoms with van der Waals surface area (Å²) in [6.45, 7) is 3.40. The smallest absolute Gasteiger partial charge is 0.324 e. The van der Waals surface area contributed by atoms with Crippen molar-refractivity contribution in [2.75, 3.05) is 0 Å². The van der Waals surface area contributed by atoms with Crippen LogP contribution in [-0.2, 0) is 6.18 Å². The second-order valence-electron chi connectivity index (χ2n) is 3.36. The van der Waals surface area contributed by atoms with Crippen molar-refractivity contribution in [1.82, 2.24) is 0 Å². The summed E-state index contributed by atoms with van der Waals surface area (Å²) in [6.07, 6.45) is -2.97. The number of nitrogens with two attached hydrogens (primary N) is 1. The van der Waals surface area contributed by atoms with E-state index >= 15 is 0 Å². The molecule has 2 N–H and O–H groups in total. The summed E-state index contributed by atoms with van der Waals surface area (Å²) in [5.74, 6) is -0.929. The molecule has 0 aliphatic carbocycles. The first-order chi connectivity index (χ1) is 7.36. The number of halogens is 5. The molecule has 0 bridgehead atoms. The molecule has 0 aliphatic heterocycles. The molecule has 0 saturated heterocycles. The maximum atomic E-state index is 12.8. The molecule has 1 aromatic carbocycles. The molecule has 0 aromatic heterocycles. The van der Waals surface area contributed by atoms with Gasteiger partial charge >= 0.3 is 6.18 Å². The average molecular weight is 270 g/mol. The Balaban J connectivity index is 0.00000256. The lowest BCUT2D eigenvalue weighted by Gasteiger charge is -2.17. The summed E-state index contributed by atoms with van der Waals surface area (Å²) >= 11 is 0. The number of rotatable bonds is 3. The van der Waals surface area contributed by atoms with Crippen LogP contribution in [0, 0.1) is 5.82 Å². The minimum Gasteiger partial charge on any atom is -0.324 e. The van der Waals surface area contributed by atoms with E-state index in [0.717, 1.165) is 12.1 Å². The number of alkyl halides is 3. The van der Waals surface area contributed by atoms with Crippen LogP contribution < -0.4 is 5.73 Å². The van der Waals surface area contributed by atoms with Crippen LogP contribution in [0.15, 0.2) is 30.9 Å². The van der Waals surface area contributed by atoms with Gasteiger partial charge in [0, 0.05) is 6.04 Å². The zero-order valence-electron chi connectivity index (χ0n) is 8.80. The van der Waals surface area contributed by atoms with Gasteiger partial charge in [-0.05, 0) is 24.1 Å². The number of hydrogen-bond acceptors (Lipinski definition) is 1. The van der Waals surface area contributed by atoms with E-state index in [2.05, 4.69) is 6.58 Å². The molecule has 0 radical (unpaired) electrons. The summed E-state index contributed by atoms with van der Waals surface area (Å²) in [5, 5.41) is 0. The van der Waals surface area contributed by atoms with E-state index in [1.165, 1.54) is 6.08 Å². The van der Waals surface area contributed by atoms with E-state index in [1.54, 1.807) is 0 Å². The lowest BCUT2D eigenvalue weighted by molar-refractivity contribution is -0.138. The van der Waals surface area contributed by atoms with Crippen LogP contribution in [0.25, 0.3) is 0 Å². The molecule has 0 heterocycles. The molecular formula is C11H12ClF4N. The molecule has 1 atom stereocenters. The van der Waals surface area contributed by atoms with Crippen molar-refractivity contribution >= 4 is 12.4 Å².